The largest absolute Gasteiger partial charge is 0.496 e. The molecule has 1 heterocycles. The molecular formula is C27H26N2O4. The summed E-state index contributed by atoms with van der Waals surface area (Å²) in [6.07, 6.45) is 0. The average molecular weight is 443 g/mol. The van der Waals surface area contributed by atoms with Crippen LogP contribution in [0.5, 0.6) is 11.5 Å². The van der Waals surface area contributed by atoms with Crippen LogP contribution < -0.4 is 19.7 Å². The van der Waals surface area contributed by atoms with E-state index in [-0.39, 0.29) is 11.3 Å². The maximum atomic E-state index is 13.7. The van der Waals surface area contributed by atoms with E-state index in [0.29, 0.717) is 29.3 Å². The molecule has 3 aromatic carbocycles. The fourth-order valence-electron chi connectivity index (χ4n) is 3.89. The number of anilines is 2. The number of para-hydroxylation sites is 1. The van der Waals surface area contributed by atoms with Crippen molar-refractivity contribution < 1.29 is 19.1 Å². The van der Waals surface area contributed by atoms with E-state index >= 15 is 0 Å². The van der Waals surface area contributed by atoms with Gasteiger partial charge in [0.25, 0.3) is 11.8 Å². The molecule has 0 unspecified atom stereocenters. The van der Waals surface area contributed by atoms with Crippen LogP contribution in [-0.2, 0) is 9.59 Å². The van der Waals surface area contributed by atoms with Gasteiger partial charge in [-0.1, -0.05) is 30.3 Å². The lowest BCUT2D eigenvalue weighted by atomic mass is 10.0. The molecule has 1 aliphatic rings. The summed E-state index contributed by atoms with van der Waals surface area (Å²) in [5, 5.41) is 3.18. The predicted octanol–water partition coefficient (Wildman–Crippen LogP) is 5.11. The summed E-state index contributed by atoms with van der Waals surface area (Å²) in [7, 11) is 1.54. The van der Waals surface area contributed by atoms with Crippen molar-refractivity contribution in [2.75, 3.05) is 23.9 Å². The zero-order valence-electron chi connectivity index (χ0n) is 19.1. The Labute approximate surface area is 193 Å². The highest BCUT2D eigenvalue weighted by atomic mass is 16.5. The van der Waals surface area contributed by atoms with Crippen LogP contribution in [0.4, 0.5) is 11.4 Å². The molecule has 0 fully saturated rings. The lowest BCUT2D eigenvalue weighted by molar-refractivity contribution is -0.120. The Bertz CT molecular complexity index is 1250. The fourth-order valence-corrected chi connectivity index (χ4v) is 3.89. The summed E-state index contributed by atoms with van der Waals surface area (Å²) in [6.45, 7) is 6.35. The van der Waals surface area contributed by atoms with E-state index < -0.39 is 11.8 Å². The summed E-state index contributed by atoms with van der Waals surface area (Å²) in [4.78, 5) is 28.6. The van der Waals surface area contributed by atoms with Crippen LogP contribution in [0.3, 0.4) is 0 Å². The molecule has 4 rings (SSSR count). The number of imide groups is 1. The number of nitrogens with zero attached hydrogens (tertiary/aromatic N) is 1. The zero-order valence-corrected chi connectivity index (χ0v) is 19.1. The quantitative estimate of drug-likeness (QED) is 0.515. The van der Waals surface area contributed by atoms with Crippen molar-refractivity contribution in [3.63, 3.8) is 0 Å². The Morgan fingerprint density at radius 1 is 0.879 bits per heavy atom. The molecule has 168 valence electrons. The minimum Gasteiger partial charge on any atom is -0.496 e. The number of ether oxygens (including phenoxy) is 2. The highest BCUT2D eigenvalue weighted by Gasteiger charge is 2.41. The minimum absolute atomic E-state index is 0.203. The highest BCUT2D eigenvalue weighted by molar-refractivity contribution is 6.46. The summed E-state index contributed by atoms with van der Waals surface area (Å²) >= 11 is 0. The molecular weight excluding hydrogens is 416 g/mol. The lowest BCUT2D eigenvalue weighted by Gasteiger charge is -2.19. The number of carbonyl (C=O) groups is 2. The number of hydrogen-bond donors (Lipinski definition) is 1. The molecule has 3 aromatic rings. The van der Waals surface area contributed by atoms with Gasteiger partial charge in [-0.05, 0) is 68.3 Å². The minimum atomic E-state index is -0.413. The van der Waals surface area contributed by atoms with Gasteiger partial charge in [0.15, 0.2) is 0 Å². The van der Waals surface area contributed by atoms with E-state index in [9.17, 15) is 9.59 Å². The van der Waals surface area contributed by atoms with Crippen molar-refractivity contribution in [3.05, 3.63) is 89.1 Å². The maximum Gasteiger partial charge on any atom is 0.282 e. The normalized spacial score (nSPS) is 13.5. The number of aryl methyl sites for hydroxylation is 1. The van der Waals surface area contributed by atoms with Crippen LogP contribution in [0.1, 0.15) is 23.6 Å². The van der Waals surface area contributed by atoms with Crippen molar-refractivity contribution in [3.8, 4) is 11.5 Å². The van der Waals surface area contributed by atoms with Gasteiger partial charge in [-0.15, -0.1) is 0 Å². The van der Waals surface area contributed by atoms with E-state index in [2.05, 4.69) is 5.32 Å². The van der Waals surface area contributed by atoms with E-state index in [0.717, 1.165) is 16.9 Å². The van der Waals surface area contributed by atoms with Crippen LogP contribution in [-0.4, -0.2) is 25.5 Å². The first-order chi connectivity index (χ1) is 16.0. The van der Waals surface area contributed by atoms with Gasteiger partial charge >= 0.3 is 0 Å². The van der Waals surface area contributed by atoms with Crippen molar-refractivity contribution in [2.24, 2.45) is 0 Å². The Kier molecular flexibility index (Phi) is 6.18. The second-order valence-corrected chi connectivity index (χ2v) is 7.70. The molecule has 0 aromatic heterocycles. The average Bonchev–Trinajstić information content (AvgIpc) is 3.06. The monoisotopic (exact) mass is 442 g/mol. The summed E-state index contributed by atoms with van der Waals surface area (Å²) in [5.41, 5.74) is 4.15. The van der Waals surface area contributed by atoms with Gasteiger partial charge in [0.1, 0.15) is 17.2 Å². The zero-order chi connectivity index (χ0) is 23.5. The molecule has 1 aliphatic heterocycles. The SMILES string of the molecule is CCOc1ccc(NC2=C(c3ccccc3OC)C(=O)N(c3cccc(C)c3C)C2=O)cc1. The fraction of sp³-hybridized carbons (Fsp3) is 0.185. The first kappa shape index (κ1) is 22.1. The van der Waals surface area contributed by atoms with Gasteiger partial charge in [0, 0.05) is 11.3 Å². The number of methoxy groups -OCH3 is 1. The van der Waals surface area contributed by atoms with Crippen molar-refractivity contribution >= 4 is 28.8 Å². The molecule has 0 radical (unpaired) electrons. The van der Waals surface area contributed by atoms with Gasteiger partial charge in [-0.3, -0.25) is 9.59 Å². The van der Waals surface area contributed by atoms with Gasteiger partial charge in [-0.25, -0.2) is 4.90 Å². The smallest absolute Gasteiger partial charge is 0.282 e. The van der Waals surface area contributed by atoms with Gasteiger partial charge in [0.2, 0.25) is 0 Å². The van der Waals surface area contributed by atoms with Crippen molar-refractivity contribution in [1.82, 2.24) is 0 Å². The summed E-state index contributed by atoms with van der Waals surface area (Å²) < 4.78 is 11.0. The lowest BCUT2D eigenvalue weighted by Crippen LogP contribution is -2.33. The van der Waals surface area contributed by atoms with Crippen LogP contribution >= 0.6 is 0 Å². The third-order valence-corrected chi connectivity index (χ3v) is 5.71. The molecule has 0 saturated heterocycles. The maximum absolute atomic E-state index is 13.7. The predicted molar refractivity (Wildman–Crippen MR) is 130 cm³/mol. The van der Waals surface area contributed by atoms with Crippen molar-refractivity contribution in [1.29, 1.82) is 0 Å². The van der Waals surface area contributed by atoms with Gasteiger partial charge in [-0.2, -0.15) is 0 Å². The number of benzene rings is 3. The molecule has 0 aliphatic carbocycles. The first-order valence-corrected chi connectivity index (χ1v) is 10.8. The third kappa shape index (κ3) is 4.07. The van der Waals surface area contributed by atoms with Gasteiger partial charge < -0.3 is 14.8 Å². The molecule has 0 atom stereocenters. The standard InChI is InChI=1S/C27H26N2O4/c1-5-33-20-15-13-19(14-16-20)28-25-24(21-10-6-7-12-23(21)32-4)26(30)29(27(25)31)22-11-8-9-17(2)18(22)3/h6-16,28H,5H2,1-4H3. The number of nitrogens with one attached hydrogen (secondary N) is 1. The molecule has 2 amide bonds. The number of hydrogen-bond acceptors (Lipinski definition) is 5. The molecule has 0 saturated carbocycles. The Hall–Kier alpha value is -4.06. The van der Waals surface area contributed by atoms with Crippen LogP contribution in [0, 0.1) is 13.8 Å². The van der Waals surface area contributed by atoms with Crippen molar-refractivity contribution in [2.45, 2.75) is 20.8 Å². The van der Waals surface area contributed by atoms with E-state index in [1.807, 2.05) is 69.3 Å². The molecule has 6 heteroatoms. The van der Waals surface area contributed by atoms with Crippen LogP contribution in [0.15, 0.2) is 72.4 Å². The van der Waals surface area contributed by atoms with E-state index in [1.54, 1.807) is 25.3 Å². The Morgan fingerprint density at radius 2 is 1.61 bits per heavy atom. The second-order valence-electron chi connectivity index (χ2n) is 7.70. The van der Waals surface area contributed by atoms with Crippen LogP contribution in [0.25, 0.3) is 5.57 Å². The van der Waals surface area contributed by atoms with Gasteiger partial charge in [0.05, 0.1) is 25.0 Å². The molecule has 0 bridgehead atoms. The molecule has 6 nitrogen and oxygen atoms in total. The summed E-state index contributed by atoms with van der Waals surface area (Å²) in [6, 6.07) is 20.1. The molecule has 33 heavy (non-hydrogen) atoms. The number of rotatable bonds is 7. The molecule has 0 spiro atoms. The van der Waals surface area contributed by atoms with E-state index in [1.165, 1.54) is 4.90 Å². The third-order valence-electron chi connectivity index (χ3n) is 5.71. The Morgan fingerprint density at radius 3 is 2.30 bits per heavy atom. The number of amides is 2. The topological polar surface area (TPSA) is 67.9 Å². The second kappa shape index (κ2) is 9.20. The number of carbonyl (C=O) groups excluding carboxylic acids is 2. The summed E-state index contributed by atoms with van der Waals surface area (Å²) in [5.74, 6) is 0.436. The Balaban J connectivity index is 1.83. The van der Waals surface area contributed by atoms with Crippen LogP contribution in [0.2, 0.25) is 0 Å². The molecule has 1 N–H and O–H groups in total. The first-order valence-electron chi connectivity index (χ1n) is 10.8. The van der Waals surface area contributed by atoms with E-state index in [4.69, 9.17) is 9.47 Å². The highest BCUT2D eigenvalue weighted by Crippen LogP contribution is 2.38.